The summed E-state index contributed by atoms with van der Waals surface area (Å²) >= 11 is 0. The van der Waals surface area contributed by atoms with Gasteiger partial charge in [0.15, 0.2) is 0 Å². The van der Waals surface area contributed by atoms with Gasteiger partial charge in [-0.3, -0.25) is 4.79 Å². The fourth-order valence-corrected chi connectivity index (χ4v) is 1.46. The fourth-order valence-electron chi connectivity index (χ4n) is 1.46. The molecule has 84 valence electrons. The van der Waals surface area contributed by atoms with Crippen LogP contribution in [-0.2, 0) is 4.74 Å². The number of amides is 1. The van der Waals surface area contributed by atoms with Crippen LogP contribution in [0.15, 0.2) is 24.3 Å². The summed E-state index contributed by atoms with van der Waals surface area (Å²) in [6, 6.07) is 6.93. The molecule has 1 aliphatic rings. The van der Waals surface area contributed by atoms with Crippen LogP contribution in [0.3, 0.4) is 0 Å². The Labute approximate surface area is 93.6 Å². The van der Waals surface area contributed by atoms with Crippen LogP contribution in [0.2, 0.25) is 0 Å². The van der Waals surface area contributed by atoms with E-state index in [1.807, 2.05) is 0 Å². The van der Waals surface area contributed by atoms with Gasteiger partial charge < -0.3 is 10.1 Å². The number of rotatable bonds is 3. The van der Waals surface area contributed by atoms with Gasteiger partial charge in [0.1, 0.15) is 0 Å². The molecule has 0 bridgehead atoms. The lowest BCUT2D eigenvalue weighted by atomic mass is 10.1. The van der Waals surface area contributed by atoms with E-state index >= 15 is 0 Å². The topological polar surface area (TPSA) is 55.4 Å². The lowest BCUT2D eigenvalue weighted by molar-refractivity contribution is 0.0596. The van der Waals surface area contributed by atoms with E-state index in [0.717, 1.165) is 12.8 Å². The molecular formula is C12H13NO3. The molecule has 1 aromatic rings. The van der Waals surface area contributed by atoms with E-state index in [-0.39, 0.29) is 11.9 Å². The highest BCUT2D eigenvalue weighted by molar-refractivity contribution is 6.05. The van der Waals surface area contributed by atoms with E-state index in [4.69, 9.17) is 0 Å². The molecule has 4 heteroatoms. The molecule has 1 amide bonds. The van der Waals surface area contributed by atoms with Gasteiger partial charge in [0, 0.05) is 6.04 Å². The fraction of sp³-hybridized carbons (Fsp3) is 0.333. The number of carbonyl (C=O) groups is 2. The summed E-state index contributed by atoms with van der Waals surface area (Å²) in [7, 11) is 1.30. The van der Waals surface area contributed by atoms with E-state index in [1.165, 1.54) is 7.11 Å². The van der Waals surface area contributed by atoms with Gasteiger partial charge in [-0.15, -0.1) is 0 Å². The summed E-state index contributed by atoms with van der Waals surface area (Å²) in [6.45, 7) is 0. The first-order valence-corrected chi connectivity index (χ1v) is 5.20. The van der Waals surface area contributed by atoms with Crippen LogP contribution >= 0.6 is 0 Å². The molecule has 0 spiro atoms. The maximum Gasteiger partial charge on any atom is 0.338 e. The molecule has 0 aromatic heterocycles. The van der Waals surface area contributed by atoms with Crippen molar-refractivity contribution in [1.29, 1.82) is 0 Å². The Kier molecular flexibility index (Phi) is 2.90. The third kappa shape index (κ3) is 2.21. The van der Waals surface area contributed by atoms with Crippen molar-refractivity contribution in [2.75, 3.05) is 7.11 Å². The highest BCUT2D eigenvalue weighted by Gasteiger charge is 2.25. The normalized spacial score (nSPS) is 14.3. The first-order chi connectivity index (χ1) is 7.72. The highest BCUT2D eigenvalue weighted by Crippen LogP contribution is 2.20. The molecule has 0 atom stereocenters. The van der Waals surface area contributed by atoms with Crippen LogP contribution in [0.1, 0.15) is 33.6 Å². The Hall–Kier alpha value is -1.84. The maximum absolute atomic E-state index is 11.8. The number of nitrogens with one attached hydrogen (secondary N) is 1. The standard InChI is InChI=1S/C12H13NO3/c1-16-12(15)10-5-3-2-4-9(10)11(14)13-8-6-7-8/h2-5,8H,6-7H2,1H3,(H,13,14). The molecule has 1 N–H and O–H groups in total. The Morgan fingerprint density at radius 2 is 1.88 bits per heavy atom. The van der Waals surface area contributed by atoms with Crippen molar-refractivity contribution in [1.82, 2.24) is 5.32 Å². The minimum atomic E-state index is -0.485. The largest absolute Gasteiger partial charge is 0.465 e. The summed E-state index contributed by atoms with van der Waals surface area (Å²) in [6.07, 6.45) is 2.04. The molecule has 1 aromatic carbocycles. The molecule has 1 aliphatic carbocycles. The molecule has 1 fully saturated rings. The van der Waals surface area contributed by atoms with Crippen molar-refractivity contribution >= 4 is 11.9 Å². The molecule has 16 heavy (non-hydrogen) atoms. The Bertz CT molecular complexity index is 424. The summed E-state index contributed by atoms with van der Waals surface area (Å²) in [5.74, 6) is -0.690. The Balaban J connectivity index is 2.23. The van der Waals surface area contributed by atoms with Gasteiger partial charge in [-0.1, -0.05) is 12.1 Å². The van der Waals surface area contributed by atoms with E-state index in [2.05, 4.69) is 10.1 Å². The van der Waals surface area contributed by atoms with Crippen LogP contribution in [0.5, 0.6) is 0 Å². The van der Waals surface area contributed by atoms with Crippen molar-refractivity contribution < 1.29 is 14.3 Å². The molecule has 0 unspecified atom stereocenters. The summed E-state index contributed by atoms with van der Waals surface area (Å²) in [4.78, 5) is 23.3. The first-order valence-electron chi connectivity index (χ1n) is 5.20. The smallest absolute Gasteiger partial charge is 0.338 e. The molecule has 0 radical (unpaired) electrons. The van der Waals surface area contributed by atoms with Crippen LogP contribution in [-0.4, -0.2) is 25.0 Å². The zero-order valence-electron chi connectivity index (χ0n) is 9.03. The number of esters is 1. The van der Waals surface area contributed by atoms with Gasteiger partial charge in [0.05, 0.1) is 18.2 Å². The molecule has 0 saturated heterocycles. The minimum absolute atomic E-state index is 0.205. The molecular weight excluding hydrogens is 206 g/mol. The van der Waals surface area contributed by atoms with Gasteiger partial charge in [0.2, 0.25) is 0 Å². The van der Waals surface area contributed by atoms with E-state index in [0.29, 0.717) is 11.1 Å². The average Bonchev–Trinajstić information content (AvgIpc) is 3.12. The van der Waals surface area contributed by atoms with Crippen molar-refractivity contribution in [2.24, 2.45) is 0 Å². The lowest BCUT2D eigenvalue weighted by Crippen LogP contribution is -2.27. The number of carbonyl (C=O) groups excluding carboxylic acids is 2. The minimum Gasteiger partial charge on any atom is -0.465 e. The Morgan fingerprint density at radius 3 is 2.44 bits per heavy atom. The van der Waals surface area contributed by atoms with Crippen LogP contribution in [0.25, 0.3) is 0 Å². The predicted octanol–water partition coefficient (Wildman–Crippen LogP) is 1.37. The van der Waals surface area contributed by atoms with Crippen molar-refractivity contribution in [3.05, 3.63) is 35.4 Å². The average molecular weight is 219 g/mol. The summed E-state index contributed by atoms with van der Waals surface area (Å²) in [5, 5.41) is 2.84. The number of ether oxygens (including phenoxy) is 1. The Morgan fingerprint density at radius 1 is 1.25 bits per heavy atom. The lowest BCUT2D eigenvalue weighted by Gasteiger charge is -2.07. The van der Waals surface area contributed by atoms with Crippen molar-refractivity contribution in [3.63, 3.8) is 0 Å². The predicted molar refractivity (Wildman–Crippen MR) is 58.3 cm³/mol. The van der Waals surface area contributed by atoms with E-state index < -0.39 is 5.97 Å². The molecule has 1 saturated carbocycles. The maximum atomic E-state index is 11.8. The third-order valence-corrected chi connectivity index (χ3v) is 2.49. The van der Waals surface area contributed by atoms with E-state index in [1.54, 1.807) is 24.3 Å². The molecule has 0 aliphatic heterocycles. The number of hydrogen-bond donors (Lipinski definition) is 1. The van der Waals surface area contributed by atoms with Crippen LogP contribution in [0.4, 0.5) is 0 Å². The molecule has 4 nitrogen and oxygen atoms in total. The second kappa shape index (κ2) is 4.35. The number of benzene rings is 1. The monoisotopic (exact) mass is 219 g/mol. The van der Waals surface area contributed by atoms with Gasteiger partial charge in [-0.25, -0.2) is 4.79 Å². The van der Waals surface area contributed by atoms with Gasteiger partial charge >= 0.3 is 5.97 Å². The summed E-state index contributed by atoms with van der Waals surface area (Å²) < 4.78 is 4.63. The first kappa shape index (κ1) is 10.7. The van der Waals surface area contributed by atoms with Gasteiger partial charge in [0.25, 0.3) is 5.91 Å². The second-order valence-electron chi connectivity index (χ2n) is 3.78. The SMILES string of the molecule is COC(=O)c1ccccc1C(=O)NC1CC1. The van der Waals surface area contributed by atoms with Crippen molar-refractivity contribution in [2.45, 2.75) is 18.9 Å². The van der Waals surface area contributed by atoms with Gasteiger partial charge in [-0.2, -0.15) is 0 Å². The zero-order valence-corrected chi connectivity index (χ0v) is 9.03. The third-order valence-electron chi connectivity index (χ3n) is 2.49. The molecule has 0 heterocycles. The van der Waals surface area contributed by atoms with Gasteiger partial charge in [-0.05, 0) is 25.0 Å². The van der Waals surface area contributed by atoms with E-state index in [9.17, 15) is 9.59 Å². The number of hydrogen-bond acceptors (Lipinski definition) is 3. The molecule has 2 rings (SSSR count). The quantitative estimate of drug-likeness (QED) is 0.781. The number of methoxy groups -OCH3 is 1. The summed E-state index contributed by atoms with van der Waals surface area (Å²) in [5.41, 5.74) is 0.685. The van der Waals surface area contributed by atoms with Crippen molar-refractivity contribution in [3.8, 4) is 0 Å². The van der Waals surface area contributed by atoms with Crippen LogP contribution < -0.4 is 5.32 Å². The highest BCUT2D eigenvalue weighted by atomic mass is 16.5. The van der Waals surface area contributed by atoms with Crippen LogP contribution in [0, 0.1) is 0 Å². The zero-order chi connectivity index (χ0) is 11.5. The second-order valence-corrected chi connectivity index (χ2v) is 3.78.